The Morgan fingerprint density at radius 1 is 1.37 bits per heavy atom. The molecule has 19 heavy (non-hydrogen) atoms. The highest BCUT2D eigenvalue weighted by atomic mass is 32.2. The lowest BCUT2D eigenvalue weighted by atomic mass is 10.1. The molecule has 1 aromatic carbocycles. The number of nitrogens with one attached hydrogen (secondary N) is 1. The van der Waals surface area contributed by atoms with Crippen molar-refractivity contribution in [3.8, 4) is 0 Å². The van der Waals surface area contributed by atoms with E-state index in [-0.39, 0.29) is 5.91 Å². The van der Waals surface area contributed by atoms with E-state index in [1.165, 1.54) is 0 Å². The van der Waals surface area contributed by atoms with Crippen molar-refractivity contribution in [1.29, 1.82) is 0 Å². The molecule has 0 fully saturated rings. The summed E-state index contributed by atoms with van der Waals surface area (Å²) in [5, 5.41) is 2.94. The number of rotatable bonds is 9. The van der Waals surface area contributed by atoms with E-state index >= 15 is 0 Å². The number of nitrogens with two attached hydrogens (primary N) is 1. The number of amides is 1. The van der Waals surface area contributed by atoms with Crippen LogP contribution in [-0.4, -0.2) is 37.2 Å². The Morgan fingerprint density at radius 2 is 2.16 bits per heavy atom. The maximum atomic E-state index is 11.8. The molecule has 0 aromatic heterocycles. The highest BCUT2D eigenvalue weighted by molar-refractivity contribution is 7.99. The first-order valence-electron chi connectivity index (χ1n) is 6.51. The predicted octanol–water partition coefficient (Wildman–Crippen LogP) is 1.90. The molecule has 0 heterocycles. The quantitative estimate of drug-likeness (QED) is 0.679. The second kappa shape index (κ2) is 9.83. The fourth-order valence-electron chi connectivity index (χ4n) is 1.60. The number of anilines is 1. The van der Waals surface area contributed by atoms with Crippen molar-refractivity contribution in [1.82, 2.24) is 0 Å². The van der Waals surface area contributed by atoms with Crippen LogP contribution in [-0.2, 0) is 16.0 Å². The molecule has 3 N–H and O–H groups in total. The van der Waals surface area contributed by atoms with Gasteiger partial charge in [-0.1, -0.05) is 25.1 Å². The zero-order valence-electron chi connectivity index (χ0n) is 11.4. The topological polar surface area (TPSA) is 64.3 Å². The number of ether oxygens (including phenoxy) is 1. The van der Waals surface area contributed by atoms with Gasteiger partial charge in [0.05, 0.1) is 19.0 Å². The average Bonchev–Trinajstić information content (AvgIpc) is 2.43. The number of aryl methyl sites for hydroxylation is 1. The molecular weight excluding hydrogens is 260 g/mol. The molecule has 0 aliphatic rings. The number of carbonyl (C=O) groups excluding carboxylic acids is 1. The van der Waals surface area contributed by atoms with E-state index in [2.05, 4.69) is 12.2 Å². The third-order valence-electron chi connectivity index (χ3n) is 2.54. The SMILES string of the molecule is CCc1ccccc1NC(=O)CSCCOCCN. The standard InChI is InChI=1S/C14H22N2O2S/c1-2-12-5-3-4-6-13(12)16-14(17)11-19-10-9-18-8-7-15/h3-6H,2,7-11,15H2,1H3,(H,16,17). The lowest BCUT2D eigenvalue weighted by Gasteiger charge is -2.09. The van der Waals surface area contributed by atoms with Crippen LogP contribution in [0, 0.1) is 0 Å². The van der Waals surface area contributed by atoms with E-state index in [9.17, 15) is 4.79 Å². The number of hydrogen-bond acceptors (Lipinski definition) is 4. The van der Waals surface area contributed by atoms with Gasteiger partial charge in [0, 0.05) is 18.0 Å². The van der Waals surface area contributed by atoms with Crippen molar-refractivity contribution in [3.63, 3.8) is 0 Å². The number of para-hydroxylation sites is 1. The van der Waals surface area contributed by atoms with E-state index in [0.29, 0.717) is 25.5 Å². The molecule has 0 saturated carbocycles. The summed E-state index contributed by atoms with van der Waals surface area (Å²) in [6, 6.07) is 7.88. The third kappa shape index (κ3) is 6.61. The molecule has 5 heteroatoms. The summed E-state index contributed by atoms with van der Waals surface area (Å²) in [7, 11) is 0. The van der Waals surface area contributed by atoms with E-state index in [0.717, 1.165) is 23.4 Å². The van der Waals surface area contributed by atoms with Gasteiger partial charge in [0.1, 0.15) is 0 Å². The number of carbonyl (C=O) groups is 1. The Bertz CT molecular complexity index is 385. The van der Waals surface area contributed by atoms with Crippen molar-refractivity contribution < 1.29 is 9.53 Å². The van der Waals surface area contributed by atoms with Gasteiger partial charge in [-0.2, -0.15) is 0 Å². The second-order valence-corrected chi connectivity index (χ2v) is 5.12. The van der Waals surface area contributed by atoms with Crippen molar-refractivity contribution in [3.05, 3.63) is 29.8 Å². The van der Waals surface area contributed by atoms with Crippen molar-refractivity contribution >= 4 is 23.4 Å². The van der Waals surface area contributed by atoms with Gasteiger partial charge in [0.15, 0.2) is 0 Å². The molecule has 0 atom stereocenters. The molecule has 0 radical (unpaired) electrons. The first-order chi connectivity index (χ1) is 9.27. The van der Waals surface area contributed by atoms with Gasteiger partial charge >= 0.3 is 0 Å². The fraction of sp³-hybridized carbons (Fsp3) is 0.500. The number of thioether (sulfide) groups is 1. The van der Waals surface area contributed by atoms with E-state index < -0.39 is 0 Å². The maximum absolute atomic E-state index is 11.8. The zero-order valence-corrected chi connectivity index (χ0v) is 12.2. The fourth-order valence-corrected chi connectivity index (χ4v) is 2.24. The minimum absolute atomic E-state index is 0.0322. The second-order valence-electron chi connectivity index (χ2n) is 4.01. The van der Waals surface area contributed by atoms with Crippen LogP contribution in [0.15, 0.2) is 24.3 Å². The highest BCUT2D eigenvalue weighted by Gasteiger charge is 2.05. The normalized spacial score (nSPS) is 10.4. The predicted molar refractivity (Wildman–Crippen MR) is 81.6 cm³/mol. The molecule has 0 aliphatic carbocycles. The van der Waals surface area contributed by atoms with Crippen LogP contribution in [0.25, 0.3) is 0 Å². The number of benzene rings is 1. The summed E-state index contributed by atoms with van der Waals surface area (Å²) >= 11 is 1.57. The first-order valence-corrected chi connectivity index (χ1v) is 7.66. The summed E-state index contributed by atoms with van der Waals surface area (Å²) in [6.07, 6.45) is 0.913. The van der Waals surface area contributed by atoms with Gasteiger partial charge in [-0.25, -0.2) is 0 Å². The molecule has 1 aromatic rings. The first kappa shape index (κ1) is 16.0. The monoisotopic (exact) mass is 282 g/mol. The summed E-state index contributed by atoms with van der Waals surface area (Å²) < 4.78 is 5.24. The highest BCUT2D eigenvalue weighted by Crippen LogP contribution is 2.15. The lowest BCUT2D eigenvalue weighted by molar-refractivity contribution is -0.113. The Kier molecular flexibility index (Phi) is 8.29. The Hall–Kier alpha value is -1.04. The van der Waals surface area contributed by atoms with Crippen LogP contribution in [0.4, 0.5) is 5.69 Å². The van der Waals surface area contributed by atoms with E-state index in [1.54, 1.807) is 11.8 Å². The lowest BCUT2D eigenvalue weighted by Crippen LogP contribution is -2.16. The zero-order chi connectivity index (χ0) is 13.9. The molecule has 0 bridgehead atoms. The third-order valence-corrected chi connectivity index (χ3v) is 3.46. The van der Waals surface area contributed by atoms with Gasteiger partial charge in [-0.15, -0.1) is 11.8 Å². The summed E-state index contributed by atoms with van der Waals surface area (Å²) in [5.74, 6) is 1.29. The van der Waals surface area contributed by atoms with Crippen molar-refractivity contribution in [2.24, 2.45) is 5.73 Å². The summed E-state index contributed by atoms with van der Waals surface area (Å²) in [6.45, 7) is 3.84. The summed E-state index contributed by atoms with van der Waals surface area (Å²) in [5.41, 5.74) is 7.38. The average molecular weight is 282 g/mol. The summed E-state index contributed by atoms with van der Waals surface area (Å²) in [4.78, 5) is 11.8. The van der Waals surface area contributed by atoms with Crippen LogP contribution >= 0.6 is 11.8 Å². The van der Waals surface area contributed by atoms with E-state index in [4.69, 9.17) is 10.5 Å². The molecular formula is C14H22N2O2S. The smallest absolute Gasteiger partial charge is 0.234 e. The molecule has 0 spiro atoms. The van der Waals surface area contributed by atoms with Crippen molar-refractivity contribution in [2.75, 3.05) is 36.6 Å². The Balaban J connectivity index is 2.23. The van der Waals surface area contributed by atoms with Crippen LogP contribution in [0.3, 0.4) is 0 Å². The van der Waals surface area contributed by atoms with Gasteiger partial charge in [0.2, 0.25) is 5.91 Å². The molecule has 106 valence electrons. The molecule has 0 saturated heterocycles. The van der Waals surface area contributed by atoms with Gasteiger partial charge in [-0.05, 0) is 18.1 Å². The Labute approximate surface area is 119 Å². The minimum Gasteiger partial charge on any atom is -0.379 e. The molecule has 4 nitrogen and oxygen atoms in total. The molecule has 1 amide bonds. The maximum Gasteiger partial charge on any atom is 0.234 e. The number of hydrogen-bond donors (Lipinski definition) is 2. The van der Waals surface area contributed by atoms with E-state index in [1.807, 2.05) is 24.3 Å². The molecule has 0 aliphatic heterocycles. The van der Waals surface area contributed by atoms with Crippen LogP contribution in [0.1, 0.15) is 12.5 Å². The minimum atomic E-state index is 0.0322. The van der Waals surface area contributed by atoms with Gasteiger partial charge in [0.25, 0.3) is 0 Å². The Morgan fingerprint density at radius 3 is 2.89 bits per heavy atom. The molecule has 0 unspecified atom stereocenters. The van der Waals surface area contributed by atoms with Crippen LogP contribution < -0.4 is 11.1 Å². The largest absolute Gasteiger partial charge is 0.379 e. The van der Waals surface area contributed by atoms with Gasteiger partial charge < -0.3 is 15.8 Å². The van der Waals surface area contributed by atoms with Gasteiger partial charge in [-0.3, -0.25) is 4.79 Å². The molecule has 1 rings (SSSR count). The van der Waals surface area contributed by atoms with Crippen LogP contribution in [0.2, 0.25) is 0 Å². The van der Waals surface area contributed by atoms with Crippen LogP contribution in [0.5, 0.6) is 0 Å². The van der Waals surface area contributed by atoms with Crippen molar-refractivity contribution in [2.45, 2.75) is 13.3 Å².